The second kappa shape index (κ2) is 6.54. The molecule has 0 spiro atoms. The molecule has 1 atom stereocenters. The normalized spacial score (nSPS) is 18.7. The van der Waals surface area contributed by atoms with Gasteiger partial charge in [0.15, 0.2) is 0 Å². The largest absolute Gasteiger partial charge is 0.324 e. The highest BCUT2D eigenvalue weighted by Crippen LogP contribution is 2.50. The minimum atomic E-state index is -0.751. The van der Waals surface area contributed by atoms with Crippen molar-refractivity contribution in [3.63, 3.8) is 0 Å². The number of hydrogen-bond acceptors (Lipinski definition) is 3. The monoisotopic (exact) mass is 366 g/mol. The van der Waals surface area contributed by atoms with Crippen LogP contribution in [0.2, 0.25) is 5.02 Å². The Kier molecular flexibility index (Phi) is 4.24. The second-order valence-corrected chi connectivity index (χ2v) is 7.69. The van der Waals surface area contributed by atoms with Gasteiger partial charge < -0.3 is 5.32 Å². The Labute approximate surface area is 155 Å². The molecule has 0 bridgehead atoms. The van der Waals surface area contributed by atoms with Gasteiger partial charge in [0.25, 0.3) is 0 Å². The molecule has 25 heavy (non-hydrogen) atoms. The molecule has 0 fully saturated rings. The molecular formula is C20H15ClN2OS. The molecule has 1 aliphatic rings. The molecule has 3 aromatic rings. The number of nitrogens with one attached hydrogen (secondary N) is 1. The summed E-state index contributed by atoms with van der Waals surface area (Å²) in [7, 11) is 0. The van der Waals surface area contributed by atoms with Gasteiger partial charge in [-0.2, -0.15) is 0 Å². The molecule has 0 unspecified atom stereocenters. The highest BCUT2D eigenvalue weighted by atomic mass is 35.5. The lowest BCUT2D eigenvalue weighted by Crippen LogP contribution is -2.33. The molecule has 3 nitrogen and oxygen atoms in total. The minimum Gasteiger partial charge on any atom is -0.324 e. The summed E-state index contributed by atoms with van der Waals surface area (Å²) in [5.41, 5.74) is 2.74. The summed E-state index contributed by atoms with van der Waals surface area (Å²) in [5.74, 6) is -0.0145. The molecule has 2 aromatic carbocycles. The number of rotatable bonds is 4. The predicted molar refractivity (Wildman–Crippen MR) is 102 cm³/mol. The average molecular weight is 367 g/mol. The first kappa shape index (κ1) is 16.2. The summed E-state index contributed by atoms with van der Waals surface area (Å²) in [4.78, 5) is 18.5. The summed E-state index contributed by atoms with van der Waals surface area (Å²) >= 11 is 7.55. The van der Waals surface area contributed by atoms with Crippen LogP contribution in [-0.4, -0.2) is 10.9 Å². The SMILES string of the molecule is O=C1Nc2ccccc2[C@@]1(Cc1ccccn1)Sc1ccc(Cl)cc1. The number of thioether (sulfide) groups is 1. The topological polar surface area (TPSA) is 42.0 Å². The molecule has 124 valence electrons. The number of aromatic nitrogens is 1. The van der Waals surface area contributed by atoms with Gasteiger partial charge in [-0.15, -0.1) is 11.8 Å². The third-order valence-electron chi connectivity index (χ3n) is 4.24. The van der Waals surface area contributed by atoms with E-state index < -0.39 is 4.75 Å². The highest BCUT2D eigenvalue weighted by molar-refractivity contribution is 8.01. The van der Waals surface area contributed by atoms with Crippen LogP contribution in [0.25, 0.3) is 0 Å². The number of carbonyl (C=O) groups is 1. The zero-order valence-electron chi connectivity index (χ0n) is 13.3. The minimum absolute atomic E-state index is 0.0145. The number of carbonyl (C=O) groups excluding carboxylic acids is 1. The maximum Gasteiger partial charge on any atom is 0.245 e. The lowest BCUT2D eigenvalue weighted by molar-refractivity contribution is -0.118. The quantitative estimate of drug-likeness (QED) is 0.712. The van der Waals surface area contributed by atoms with E-state index in [1.807, 2.05) is 66.7 Å². The Balaban J connectivity index is 1.81. The van der Waals surface area contributed by atoms with E-state index in [1.165, 1.54) is 0 Å². The number of halogens is 1. The van der Waals surface area contributed by atoms with Crippen LogP contribution >= 0.6 is 23.4 Å². The van der Waals surface area contributed by atoms with Crippen molar-refractivity contribution in [2.24, 2.45) is 0 Å². The van der Waals surface area contributed by atoms with Gasteiger partial charge in [0.2, 0.25) is 5.91 Å². The summed E-state index contributed by atoms with van der Waals surface area (Å²) in [6.07, 6.45) is 2.28. The van der Waals surface area contributed by atoms with Crippen LogP contribution < -0.4 is 5.32 Å². The van der Waals surface area contributed by atoms with Crippen LogP contribution in [0.5, 0.6) is 0 Å². The average Bonchev–Trinajstić information content (AvgIpc) is 2.90. The van der Waals surface area contributed by atoms with Crippen LogP contribution in [0.4, 0.5) is 5.69 Å². The van der Waals surface area contributed by atoms with E-state index in [0.29, 0.717) is 11.4 Å². The lowest BCUT2D eigenvalue weighted by atomic mass is 9.94. The maximum atomic E-state index is 13.0. The Morgan fingerprint density at radius 2 is 1.76 bits per heavy atom. The van der Waals surface area contributed by atoms with Crippen LogP contribution in [0.1, 0.15) is 11.3 Å². The number of benzene rings is 2. The zero-order valence-corrected chi connectivity index (χ0v) is 14.8. The molecule has 0 aliphatic carbocycles. The van der Waals surface area contributed by atoms with Crippen LogP contribution in [0.15, 0.2) is 77.8 Å². The van der Waals surface area contributed by atoms with Gasteiger partial charge in [0.1, 0.15) is 4.75 Å². The summed E-state index contributed by atoms with van der Waals surface area (Å²) in [6.45, 7) is 0. The first-order chi connectivity index (χ1) is 12.2. The second-order valence-electron chi connectivity index (χ2n) is 5.88. The third-order valence-corrected chi connectivity index (χ3v) is 5.90. The fraction of sp³-hybridized carbons (Fsp3) is 0.100. The van der Waals surface area contributed by atoms with Crippen molar-refractivity contribution in [2.45, 2.75) is 16.1 Å². The van der Waals surface area contributed by atoms with Crippen LogP contribution in [0.3, 0.4) is 0 Å². The lowest BCUT2D eigenvalue weighted by Gasteiger charge is -2.26. The number of pyridine rings is 1. The van der Waals surface area contributed by atoms with Crippen LogP contribution in [0, 0.1) is 0 Å². The Hall–Kier alpha value is -2.30. The summed E-state index contributed by atoms with van der Waals surface area (Å²) in [6, 6.07) is 21.2. The van der Waals surface area contributed by atoms with Gasteiger partial charge >= 0.3 is 0 Å². The van der Waals surface area contributed by atoms with Crippen molar-refractivity contribution in [2.75, 3.05) is 5.32 Å². The molecule has 1 N–H and O–H groups in total. The van der Waals surface area contributed by atoms with Crippen molar-refractivity contribution < 1.29 is 4.79 Å². The number of nitrogens with zero attached hydrogens (tertiary/aromatic N) is 1. The highest BCUT2D eigenvalue weighted by Gasteiger charge is 2.48. The molecule has 0 radical (unpaired) electrons. The van der Waals surface area contributed by atoms with Crippen molar-refractivity contribution in [1.82, 2.24) is 4.98 Å². The Bertz CT molecular complexity index is 914. The van der Waals surface area contributed by atoms with E-state index in [4.69, 9.17) is 11.6 Å². The van der Waals surface area contributed by atoms with E-state index in [0.717, 1.165) is 21.8 Å². The van der Waals surface area contributed by atoms with Crippen molar-refractivity contribution in [1.29, 1.82) is 0 Å². The summed E-state index contributed by atoms with van der Waals surface area (Å²) < 4.78 is -0.751. The van der Waals surface area contributed by atoms with E-state index in [1.54, 1.807) is 18.0 Å². The molecular weight excluding hydrogens is 352 g/mol. The van der Waals surface area contributed by atoms with Gasteiger partial charge in [0.05, 0.1) is 0 Å². The maximum absolute atomic E-state index is 13.0. The molecule has 0 saturated heterocycles. The van der Waals surface area contributed by atoms with Crippen molar-refractivity contribution in [3.05, 3.63) is 89.2 Å². The van der Waals surface area contributed by atoms with E-state index in [2.05, 4.69) is 10.3 Å². The van der Waals surface area contributed by atoms with Gasteiger partial charge in [-0.25, -0.2) is 0 Å². The van der Waals surface area contributed by atoms with Gasteiger partial charge in [0, 0.05) is 39.5 Å². The first-order valence-corrected chi connectivity index (χ1v) is 9.12. The number of hydrogen-bond donors (Lipinski definition) is 1. The van der Waals surface area contributed by atoms with Crippen molar-refractivity contribution in [3.8, 4) is 0 Å². The molecule has 2 heterocycles. The molecule has 5 heteroatoms. The third kappa shape index (κ3) is 3.03. The van der Waals surface area contributed by atoms with Crippen LogP contribution in [-0.2, 0) is 16.0 Å². The van der Waals surface area contributed by atoms with E-state index in [-0.39, 0.29) is 5.91 Å². The first-order valence-electron chi connectivity index (χ1n) is 7.93. The Morgan fingerprint density at radius 1 is 1.00 bits per heavy atom. The number of para-hydroxylation sites is 1. The van der Waals surface area contributed by atoms with Gasteiger partial charge in [-0.1, -0.05) is 35.9 Å². The van der Waals surface area contributed by atoms with Gasteiger partial charge in [-0.3, -0.25) is 9.78 Å². The predicted octanol–water partition coefficient (Wildman–Crippen LogP) is 4.92. The molecule has 4 rings (SSSR count). The molecule has 0 saturated carbocycles. The van der Waals surface area contributed by atoms with E-state index in [9.17, 15) is 4.79 Å². The van der Waals surface area contributed by atoms with Gasteiger partial charge in [-0.05, 0) is 42.5 Å². The molecule has 1 aromatic heterocycles. The van der Waals surface area contributed by atoms with Crippen molar-refractivity contribution >= 4 is 35.0 Å². The number of anilines is 1. The molecule has 1 amide bonds. The standard InChI is InChI=1S/C20H15ClN2OS/c21-14-8-10-16(11-9-14)25-20(13-15-5-3-4-12-22-15)17-6-1-2-7-18(17)23-19(20)24/h1-12H,13H2,(H,23,24)/t20-/m1/s1. The zero-order chi connectivity index (χ0) is 17.3. The molecule has 1 aliphatic heterocycles. The summed E-state index contributed by atoms with van der Waals surface area (Å²) in [5, 5.41) is 3.71. The number of fused-ring (bicyclic) bond motifs is 1. The Morgan fingerprint density at radius 3 is 2.52 bits per heavy atom. The fourth-order valence-corrected chi connectivity index (χ4v) is 4.52. The smallest absolute Gasteiger partial charge is 0.245 e. The van der Waals surface area contributed by atoms with E-state index >= 15 is 0 Å². The number of amides is 1. The fourth-order valence-electron chi connectivity index (χ4n) is 3.06.